The predicted molar refractivity (Wildman–Crippen MR) is 74.0 cm³/mol. The average molecular weight is 262 g/mol. The maximum absolute atomic E-state index is 14.5. The van der Waals surface area contributed by atoms with Crippen molar-refractivity contribution in [3.8, 4) is 0 Å². The molecule has 0 saturated heterocycles. The Labute approximate surface area is 111 Å². The lowest BCUT2D eigenvalue weighted by Crippen LogP contribution is -2.32. The molecule has 2 N–H and O–H groups in total. The van der Waals surface area contributed by atoms with Gasteiger partial charge in [0.2, 0.25) is 0 Å². The van der Waals surface area contributed by atoms with Gasteiger partial charge in [0.25, 0.3) is 0 Å². The number of rotatable bonds is 1. The fraction of sp³-hybridized carbons (Fsp3) is 0.571. The molecule has 0 bridgehead atoms. The van der Waals surface area contributed by atoms with Crippen molar-refractivity contribution in [3.05, 3.63) is 17.1 Å². The zero-order valence-corrected chi connectivity index (χ0v) is 11.8. The number of pyridine rings is 1. The molecule has 0 amide bonds. The monoisotopic (exact) mass is 262 g/mol. The molecule has 0 saturated carbocycles. The lowest BCUT2D eigenvalue weighted by molar-refractivity contribution is 0.121. The second-order valence-electron chi connectivity index (χ2n) is 5.91. The molecule has 3 rings (SSSR count). The Morgan fingerprint density at radius 3 is 2.63 bits per heavy atom. The molecule has 102 valence electrons. The number of hydrogen-bond donors (Lipinski definition) is 1. The van der Waals surface area contributed by atoms with Gasteiger partial charge in [0.05, 0.1) is 11.6 Å². The van der Waals surface area contributed by atoms with E-state index in [4.69, 9.17) is 5.73 Å². The largest absolute Gasteiger partial charge is 0.382 e. The average Bonchev–Trinajstić information content (AvgIpc) is 2.64. The first-order valence-electron chi connectivity index (χ1n) is 6.63. The van der Waals surface area contributed by atoms with E-state index in [-0.39, 0.29) is 6.04 Å². The number of nitrogens with two attached hydrogens (primary N) is 1. The fourth-order valence-electron chi connectivity index (χ4n) is 3.22. The van der Waals surface area contributed by atoms with Gasteiger partial charge in [-0.05, 0) is 46.1 Å². The van der Waals surface area contributed by atoms with E-state index in [0.717, 1.165) is 35.4 Å². The van der Waals surface area contributed by atoms with Gasteiger partial charge in [-0.1, -0.05) is 0 Å². The summed E-state index contributed by atoms with van der Waals surface area (Å²) in [5.74, 6) is 1.25. The van der Waals surface area contributed by atoms with Crippen LogP contribution in [0.3, 0.4) is 0 Å². The third-order valence-corrected chi connectivity index (χ3v) is 4.11. The van der Waals surface area contributed by atoms with Crippen LogP contribution in [0.2, 0.25) is 0 Å². The number of alkyl halides is 1. The van der Waals surface area contributed by atoms with Crippen molar-refractivity contribution in [2.75, 3.05) is 5.73 Å². The van der Waals surface area contributed by atoms with Crippen LogP contribution in [0.15, 0.2) is 0 Å². The molecule has 0 aliphatic carbocycles. The zero-order chi connectivity index (χ0) is 13.9. The van der Waals surface area contributed by atoms with Gasteiger partial charge in [-0.15, -0.1) is 0 Å². The van der Waals surface area contributed by atoms with E-state index >= 15 is 0 Å². The number of imidazole rings is 1. The van der Waals surface area contributed by atoms with Crippen molar-refractivity contribution in [1.82, 2.24) is 14.5 Å². The summed E-state index contributed by atoms with van der Waals surface area (Å²) in [6.07, 6.45) is 1.61. The van der Waals surface area contributed by atoms with Crippen LogP contribution in [0.5, 0.6) is 0 Å². The Morgan fingerprint density at radius 1 is 1.32 bits per heavy atom. The number of nitrogens with zero attached hydrogens (tertiary/aromatic N) is 3. The normalized spacial score (nSPS) is 19.1. The van der Waals surface area contributed by atoms with Gasteiger partial charge in [0.1, 0.15) is 17.0 Å². The van der Waals surface area contributed by atoms with Crippen LogP contribution in [-0.4, -0.2) is 20.2 Å². The molecule has 2 aromatic heterocycles. The molecule has 0 fully saturated rings. The summed E-state index contributed by atoms with van der Waals surface area (Å²) in [7, 11) is 0. The Morgan fingerprint density at radius 2 is 2.00 bits per heavy atom. The van der Waals surface area contributed by atoms with Crippen LogP contribution in [0.4, 0.5) is 10.2 Å². The van der Waals surface area contributed by atoms with Gasteiger partial charge in [-0.3, -0.25) is 0 Å². The molecule has 0 spiro atoms. The number of anilines is 1. The molecule has 19 heavy (non-hydrogen) atoms. The Kier molecular flexibility index (Phi) is 2.40. The second kappa shape index (κ2) is 3.68. The summed E-state index contributed by atoms with van der Waals surface area (Å²) < 4.78 is 16.5. The van der Waals surface area contributed by atoms with Crippen molar-refractivity contribution < 1.29 is 4.39 Å². The molecule has 0 aromatic carbocycles. The van der Waals surface area contributed by atoms with Gasteiger partial charge in [0, 0.05) is 5.69 Å². The zero-order valence-electron chi connectivity index (χ0n) is 11.8. The lowest BCUT2D eigenvalue weighted by Gasteiger charge is -2.33. The third-order valence-electron chi connectivity index (χ3n) is 4.11. The molecular formula is C14H19FN4. The van der Waals surface area contributed by atoms with Gasteiger partial charge < -0.3 is 10.3 Å². The van der Waals surface area contributed by atoms with E-state index in [2.05, 4.69) is 9.97 Å². The topological polar surface area (TPSA) is 56.7 Å². The summed E-state index contributed by atoms with van der Waals surface area (Å²) in [6, 6.07) is -0.189. The Bertz CT molecular complexity index is 666. The van der Waals surface area contributed by atoms with Crippen LogP contribution in [0, 0.1) is 13.8 Å². The molecule has 3 heterocycles. The van der Waals surface area contributed by atoms with Crippen molar-refractivity contribution >= 4 is 16.9 Å². The van der Waals surface area contributed by atoms with Crippen molar-refractivity contribution in [2.24, 2.45) is 0 Å². The summed E-state index contributed by atoms with van der Waals surface area (Å²) in [5, 5.41) is 0. The summed E-state index contributed by atoms with van der Waals surface area (Å²) >= 11 is 0. The van der Waals surface area contributed by atoms with Gasteiger partial charge in [-0.25, -0.2) is 14.4 Å². The molecule has 1 aliphatic heterocycles. The van der Waals surface area contributed by atoms with Crippen molar-refractivity contribution in [2.45, 2.75) is 52.2 Å². The first kappa shape index (κ1) is 12.4. The highest BCUT2D eigenvalue weighted by Crippen LogP contribution is 2.41. The van der Waals surface area contributed by atoms with E-state index in [1.54, 1.807) is 13.8 Å². The van der Waals surface area contributed by atoms with Crippen molar-refractivity contribution in [3.63, 3.8) is 0 Å². The van der Waals surface area contributed by atoms with E-state index in [1.165, 1.54) is 0 Å². The number of aryl methyl sites for hydroxylation is 3. The second-order valence-corrected chi connectivity index (χ2v) is 5.91. The summed E-state index contributed by atoms with van der Waals surface area (Å²) in [4.78, 5) is 8.85. The molecule has 2 aromatic rings. The summed E-state index contributed by atoms with van der Waals surface area (Å²) in [5.41, 5.74) is 8.47. The van der Waals surface area contributed by atoms with Gasteiger partial charge >= 0.3 is 0 Å². The highest BCUT2D eigenvalue weighted by atomic mass is 19.1. The van der Waals surface area contributed by atoms with E-state index in [9.17, 15) is 4.39 Å². The molecule has 4 nitrogen and oxygen atoms in total. The molecular weight excluding hydrogens is 243 g/mol. The minimum Gasteiger partial charge on any atom is -0.382 e. The van der Waals surface area contributed by atoms with Gasteiger partial charge in [0.15, 0.2) is 5.82 Å². The molecule has 1 atom stereocenters. The lowest BCUT2D eigenvalue weighted by atomic mass is 9.89. The van der Waals surface area contributed by atoms with Gasteiger partial charge in [-0.2, -0.15) is 0 Å². The minimum absolute atomic E-state index is 0.189. The first-order chi connectivity index (χ1) is 8.80. The standard InChI is InChI=1S/C14H19FN4/c1-7-9-5-6-10(14(3,4)15)19-8(2)18-11(12(9)19)13(16)17-7/h10H,5-6H2,1-4H3,(H2,16,17). The molecule has 1 unspecified atom stereocenters. The number of hydrogen-bond acceptors (Lipinski definition) is 3. The SMILES string of the molecule is Cc1nc(N)c2nc(C)n3c2c1CCC3C(C)(C)F. The van der Waals surface area contributed by atoms with Crippen LogP contribution >= 0.6 is 0 Å². The first-order valence-corrected chi connectivity index (χ1v) is 6.63. The van der Waals surface area contributed by atoms with Crippen molar-refractivity contribution in [1.29, 1.82) is 0 Å². The minimum atomic E-state index is -1.28. The number of halogens is 1. The molecule has 0 radical (unpaired) electrons. The summed E-state index contributed by atoms with van der Waals surface area (Å²) in [6.45, 7) is 7.12. The third kappa shape index (κ3) is 1.64. The fourth-order valence-corrected chi connectivity index (χ4v) is 3.22. The highest BCUT2D eigenvalue weighted by molar-refractivity contribution is 5.89. The maximum Gasteiger partial charge on any atom is 0.151 e. The molecule has 1 aliphatic rings. The van der Waals surface area contributed by atoms with Crippen LogP contribution in [0.25, 0.3) is 11.0 Å². The predicted octanol–water partition coefficient (Wildman–Crippen LogP) is 2.87. The number of aromatic nitrogens is 3. The van der Waals surface area contributed by atoms with Crippen LogP contribution in [0.1, 0.15) is 43.4 Å². The van der Waals surface area contributed by atoms with E-state index in [0.29, 0.717) is 11.3 Å². The molecule has 5 heteroatoms. The number of nitrogen functional groups attached to an aromatic ring is 1. The smallest absolute Gasteiger partial charge is 0.151 e. The maximum atomic E-state index is 14.5. The quantitative estimate of drug-likeness (QED) is 0.859. The Hall–Kier alpha value is -1.65. The van der Waals surface area contributed by atoms with Crippen LogP contribution < -0.4 is 5.73 Å². The van der Waals surface area contributed by atoms with E-state index in [1.807, 2.05) is 18.4 Å². The van der Waals surface area contributed by atoms with Crippen LogP contribution in [-0.2, 0) is 6.42 Å². The van der Waals surface area contributed by atoms with E-state index < -0.39 is 5.67 Å². The Balaban J connectivity index is 2.40. The highest BCUT2D eigenvalue weighted by Gasteiger charge is 2.36.